The Balaban J connectivity index is 2.39. The molecule has 1 rings (SSSR count). The molecule has 0 amide bonds. The molecule has 0 aromatic heterocycles. The van der Waals surface area contributed by atoms with E-state index in [2.05, 4.69) is 0 Å². The van der Waals surface area contributed by atoms with Gasteiger partial charge >= 0.3 is 5.97 Å². The highest BCUT2D eigenvalue weighted by atomic mass is 33.1. The molecule has 1 aromatic rings. The van der Waals surface area contributed by atoms with Gasteiger partial charge in [0.25, 0.3) is 0 Å². The molecule has 1 aromatic carbocycles. The minimum atomic E-state index is -0.883. The third-order valence-corrected chi connectivity index (χ3v) is 4.08. The van der Waals surface area contributed by atoms with Gasteiger partial charge in [0, 0.05) is 18.1 Å². The molecule has 0 aliphatic rings. The summed E-state index contributed by atoms with van der Waals surface area (Å²) in [7, 11) is 3.47. The van der Waals surface area contributed by atoms with Gasteiger partial charge in [-0.2, -0.15) is 0 Å². The molecule has 3 nitrogen and oxygen atoms in total. The molecule has 0 saturated heterocycles. The van der Waals surface area contributed by atoms with Crippen LogP contribution in [0.1, 0.15) is 15.9 Å². The van der Waals surface area contributed by atoms with E-state index < -0.39 is 5.97 Å². The summed E-state index contributed by atoms with van der Waals surface area (Å²) in [5.74, 6) is 0.939. The highest BCUT2D eigenvalue weighted by molar-refractivity contribution is 8.76. The number of benzene rings is 1. The van der Waals surface area contributed by atoms with Gasteiger partial charge in [-0.05, 0) is 17.7 Å². The van der Waals surface area contributed by atoms with E-state index in [0.29, 0.717) is 12.1 Å². The fourth-order valence-electron chi connectivity index (χ4n) is 0.960. The van der Waals surface area contributed by atoms with Gasteiger partial charge in [-0.15, -0.1) is 0 Å². The Kier molecular flexibility index (Phi) is 5.60. The number of rotatable bonds is 6. The molecule has 0 atom stereocenters. The van der Waals surface area contributed by atoms with Crippen LogP contribution < -0.4 is 5.73 Å². The van der Waals surface area contributed by atoms with Crippen LogP contribution in [0.4, 0.5) is 0 Å². The van der Waals surface area contributed by atoms with Crippen molar-refractivity contribution in [3.8, 4) is 0 Å². The van der Waals surface area contributed by atoms with Crippen LogP contribution in [0.5, 0.6) is 0 Å². The van der Waals surface area contributed by atoms with Gasteiger partial charge in [0.2, 0.25) is 0 Å². The number of carboxylic acid groups (broad SMARTS) is 1. The van der Waals surface area contributed by atoms with E-state index >= 15 is 0 Å². The third kappa shape index (κ3) is 4.59. The monoisotopic (exact) mass is 243 g/mol. The van der Waals surface area contributed by atoms with E-state index in [0.717, 1.165) is 17.1 Å². The Hall–Kier alpha value is -0.650. The lowest BCUT2D eigenvalue weighted by molar-refractivity contribution is 0.0697. The Labute approximate surface area is 96.8 Å². The summed E-state index contributed by atoms with van der Waals surface area (Å²) in [5, 5.41) is 8.70. The van der Waals surface area contributed by atoms with Crippen molar-refractivity contribution in [1.82, 2.24) is 0 Å². The van der Waals surface area contributed by atoms with E-state index in [1.165, 1.54) is 0 Å². The summed E-state index contributed by atoms with van der Waals surface area (Å²) >= 11 is 0. The van der Waals surface area contributed by atoms with Crippen molar-refractivity contribution in [3.05, 3.63) is 35.4 Å². The van der Waals surface area contributed by atoms with E-state index in [-0.39, 0.29) is 0 Å². The zero-order valence-electron chi connectivity index (χ0n) is 8.18. The normalized spacial score (nSPS) is 10.2. The predicted molar refractivity (Wildman–Crippen MR) is 66.2 cm³/mol. The van der Waals surface area contributed by atoms with Crippen LogP contribution in [0.2, 0.25) is 0 Å². The number of aromatic carboxylic acids is 1. The molecular formula is C10H13NO2S2. The molecule has 0 bridgehead atoms. The van der Waals surface area contributed by atoms with Crippen LogP contribution in [0.15, 0.2) is 24.3 Å². The Morgan fingerprint density at radius 2 is 1.93 bits per heavy atom. The number of hydrogen-bond donors (Lipinski definition) is 2. The van der Waals surface area contributed by atoms with Crippen LogP contribution in [0.3, 0.4) is 0 Å². The zero-order chi connectivity index (χ0) is 11.1. The maximum atomic E-state index is 10.6. The van der Waals surface area contributed by atoms with Crippen molar-refractivity contribution in [2.45, 2.75) is 5.75 Å². The van der Waals surface area contributed by atoms with Gasteiger partial charge in [0.1, 0.15) is 0 Å². The molecule has 0 aliphatic heterocycles. The summed E-state index contributed by atoms with van der Waals surface area (Å²) < 4.78 is 0. The van der Waals surface area contributed by atoms with Gasteiger partial charge in [-0.25, -0.2) is 4.79 Å². The first-order chi connectivity index (χ1) is 7.24. The lowest BCUT2D eigenvalue weighted by atomic mass is 10.1. The fourth-order valence-corrected chi connectivity index (χ4v) is 2.89. The summed E-state index contributed by atoms with van der Waals surface area (Å²) in [6, 6.07) is 6.95. The molecule has 5 heteroatoms. The minimum Gasteiger partial charge on any atom is -0.478 e. The SMILES string of the molecule is NCCSSCc1ccc(C(=O)O)cc1. The number of carbonyl (C=O) groups is 1. The first-order valence-electron chi connectivity index (χ1n) is 4.50. The number of carboxylic acids is 1. The topological polar surface area (TPSA) is 63.3 Å². The second-order valence-corrected chi connectivity index (χ2v) is 5.46. The third-order valence-electron chi connectivity index (χ3n) is 1.71. The van der Waals surface area contributed by atoms with E-state index in [1.54, 1.807) is 33.7 Å². The van der Waals surface area contributed by atoms with Crippen LogP contribution >= 0.6 is 21.6 Å². The highest BCUT2D eigenvalue weighted by Crippen LogP contribution is 2.25. The molecule has 0 spiro atoms. The van der Waals surface area contributed by atoms with Gasteiger partial charge in [0.15, 0.2) is 0 Å². The lowest BCUT2D eigenvalue weighted by Gasteiger charge is -2.01. The smallest absolute Gasteiger partial charge is 0.335 e. The van der Waals surface area contributed by atoms with E-state index in [9.17, 15) is 4.79 Å². The first-order valence-corrected chi connectivity index (χ1v) is 6.99. The Bertz CT molecular complexity index is 314. The van der Waals surface area contributed by atoms with Crippen LogP contribution in [-0.2, 0) is 5.75 Å². The second-order valence-electron chi connectivity index (χ2n) is 2.87. The second kappa shape index (κ2) is 6.76. The molecule has 0 heterocycles. The fraction of sp³-hybridized carbons (Fsp3) is 0.300. The van der Waals surface area contributed by atoms with Crippen LogP contribution in [0, 0.1) is 0 Å². The number of hydrogen-bond acceptors (Lipinski definition) is 4. The maximum Gasteiger partial charge on any atom is 0.335 e. The van der Waals surface area contributed by atoms with Crippen molar-refractivity contribution in [1.29, 1.82) is 0 Å². The average molecular weight is 243 g/mol. The molecule has 15 heavy (non-hydrogen) atoms. The van der Waals surface area contributed by atoms with Gasteiger partial charge < -0.3 is 10.8 Å². The largest absolute Gasteiger partial charge is 0.478 e. The van der Waals surface area contributed by atoms with E-state index in [1.807, 2.05) is 12.1 Å². The first kappa shape index (κ1) is 12.4. The summed E-state index contributed by atoms with van der Waals surface area (Å²) in [4.78, 5) is 10.6. The average Bonchev–Trinajstić information content (AvgIpc) is 2.25. The van der Waals surface area contributed by atoms with Crippen molar-refractivity contribution in [2.75, 3.05) is 12.3 Å². The molecule has 0 saturated carbocycles. The molecule has 82 valence electrons. The predicted octanol–water partition coefficient (Wildman–Crippen LogP) is 2.22. The molecule has 3 N–H and O–H groups in total. The van der Waals surface area contributed by atoms with Crippen molar-refractivity contribution < 1.29 is 9.90 Å². The molecule has 0 aliphatic carbocycles. The summed E-state index contributed by atoms with van der Waals surface area (Å²) in [5.41, 5.74) is 6.83. The molecule has 0 fully saturated rings. The summed E-state index contributed by atoms with van der Waals surface area (Å²) in [6.07, 6.45) is 0. The highest BCUT2D eigenvalue weighted by Gasteiger charge is 2.01. The van der Waals surface area contributed by atoms with Crippen molar-refractivity contribution in [2.24, 2.45) is 5.73 Å². The Morgan fingerprint density at radius 1 is 1.27 bits per heavy atom. The van der Waals surface area contributed by atoms with Crippen molar-refractivity contribution in [3.63, 3.8) is 0 Å². The standard InChI is InChI=1S/C10H13NO2S2/c11-5-6-14-15-7-8-1-3-9(4-2-8)10(12)13/h1-4H,5-7,11H2,(H,12,13). The van der Waals surface area contributed by atoms with Gasteiger partial charge in [0.05, 0.1) is 5.56 Å². The number of nitrogens with two attached hydrogens (primary N) is 1. The molecule has 0 unspecified atom stereocenters. The quantitative estimate of drug-likeness (QED) is 0.592. The van der Waals surface area contributed by atoms with Crippen LogP contribution in [-0.4, -0.2) is 23.4 Å². The lowest BCUT2D eigenvalue weighted by Crippen LogP contribution is -1.99. The van der Waals surface area contributed by atoms with Gasteiger partial charge in [-0.1, -0.05) is 33.7 Å². The van der Waals surface area contributed by atoms with E-state index in [4.69, 9.17) is 10.8 Å². The summed E-state index contributed by atoms with van der Waals surface area (Å²) in [6.45, 7) is 0.690. The molecule has 0 radical (unpaired) electrons. The van der Waals surface area contributed by atoms with Crippen molar-refractivity contribution >= 4 is 27.6 Å². The minimum absolute atomic E-state index is 0.332. The van der Waals surface area contributed by atoms with Crippen LogP contribution in [0.25, 0.3) is 0 Å². The van der Waals surface area contributed by atoms with Gasteiger partial charge in [-0.3, -0.25) is 0 Å². The Morgan fingerprint density at radius 3 is 2.47 bits per heavy atom. The zero-order valence-corrected chi connectivity index (χ0v) is 9.81. The maximum absolute atomic E-state index is 10.6. The molecular weight excluding hydrogens is 230 g/mol.